The van der Waals surface area contributed by atoms with Crippen molar-refractivity contribution >= 4 is 61.9 Å². The van der Waals surface area contributed by atoms with Gasteiger partial charge in [0, 0.05) is 14.1 Å². The Morgan fingerprint density at radius 3 is 2.69 bits per heavy atom. The zero-order valence-electron chi connectivity index (χ0n) is 17.2. The number of thioether (sulfide) groups is 1. The molecule has 166 valence electrons. The van der Waals surface area contributed by atoms with E-state index in [2.05, 4.69) is 5.32 Å². The zero-order valence-corrected chi connectivity index (χ0v) is 19.6. The number of hydrogen-bond donors (Lipinski definition) is 1. The lowest BCUT2D eigenvalue weighted by atomic mass is 10.1. The van der Waals surface area contributed by atoms with Gasteiger partial charge in [-0.05, 0) is 41.5 Å². The number of benzene rings is 2. The van der Waals surface area contributed by atoms with Gasteiger partial charge in [0.2, 0.25) is 10.0 Å². The van der Waals surface area contributed by atoms with Crippen molar-refractivity contribution in [3.8, 4) is 5.75 Å². The first kappa shape index (κ1) is 22.5. The highest BCUT2D eigenvalue weighted by Gasteiger charge is 2.27. The molecule has 1 fully saturated rings. The van der Waals surface area contributed by atoms with E-state index in [1.54, 1.807) is 47.4 Å². The number of nitrogens with zero attached hydrogens (tertiary/aromatic N) is 2. The molecule has 2 aliphatic heterocycles. The van der Waals surface area contributed by atoms with E-state index in [1.165, 1.54) is 31.9 Å². The summed E-state index contributed by atoms with van der Waals surface area (Å²) < 4.78 is 32.0. The number of amides is 2. The molecule has 8 nitrogen and oxygen atoms in total. The Kier molecular flexibility index (Phi) is 6.08. The summed E-state index contributed by atoms with van der Waals surface area (Å²) >= 11 is 6.19. The number of thiocarbonyl (C=S) groups is 1. The Labute approximate surface area is 195 Å². The highest BCUT2D eigenvalue weighted by molar-refractivity contribution is 8.26. The van der Waals surface area contributed by atoms with Crippen molar-refractivity contribution in [2.24, 2.45) is 0 Å². The zero-order chi connectivity index (χ0) is 23.0. The van der Waals surface area contributed by atoms with Gasteiger partial charge in [-0.1, -0.05) is 42.2 Å². The third-order valence-corrected chi connectivity index (χ3v) is 7.86. The summed E-state index contributed by atoms with van der Waals surface area (Å²) in [4.78, 5) is 26.8. The van der Waals surface area contributed by atoms with Crippen LogP contribution < -0.4 is 15.0 Å². The fourth-order valence-electron chi connectivity index (χ4n) is 3.25. The van der Waals surface area contributed by atoms with Crippen LogP contribution in [0.15, 0.2) is 52.3 Å². The second-order valence-corrected chi connectivity index (χ2v) is 11.2. The van der Waals surface area contributed by atoms with Crippen molar-refractivity contribution < 1.29 is 22.7 Å². The van der Waals surface area contributed by atoms with Crippen LogP contribution in [0.25, 0.3) is 6.08 Å². The maximum atomic E-state index is 12.7. The highest BCUT2D eigenvalue weighted by Crippen LogP contribution is 2.36. The van der Waals surface area contributed by atoms with Gasteiger partial charge in [0.1, 0.15) is 10.1 Å². The quantitative estimate of drug-likeness (QED) is 0.509. The summed E-state index contributed by atoms with van der Waals surface area (Å²) in [6.45, 7) is 0.0565. The average Bonchev–Trinajstić information content (AvgIpc) is 3.07. The largest absolute Gasteiger partial charge is 0.482 e. The summed E-state index contributed by atoms with van der Waals surface area (Å²) in [6, 6.07) is 11.8. The molecule has 2 heterocycles. The number of anilines is 1. The van der Waals surface area contributed by atoms with Crippen molar-refractivity contribution in [3.05, 3.63) is 58.5 Å². The number of sulfonamides is 1. The fraction of sp³-hybridized carbons (Fsp3) is 0.190. The van der Waals surface area contributed by atoms with Crippen LogP contribution >= 0.6 is 24.0 Å². The minimum atomic E-state index is -3.60. The molecule has 0 spiro atoms. The van der Waals surface area contributed by atoms with Crippen LogP contribution in [-0.4, -0.2) is 49.6 Å². The molecule has 0 atom stereocenters. The first-order chi connectivity index (χ1) is 15.1. The van der Waals surface area contributed by atoms with E-state index < -0.39 is 10.0 Å². The lowest BCUT2D eigenvalue weighted by Gasteiger charge is -2.30. The molecule has 1 saturated heterocycles. The SMILES string of the molecule is CN(C)S(=O)(=O)c1cccc(CN2C(=O)COc3ccc(/C=C4/SC(=S)NC4=O)cc32)c1. The normalized spacial score (nSPS) is 17.5. The number of rotatable bonds is 5. The summed E-state index contributed by atoms with van der Waals surface area (Å²) in [7, 11) is -0.662. The van der Waals surface area contributed by atoms with E-state index in [0.717, 1.165) is 4.31 Å². The molecular formula is C21H19N3O5S3. The summed E-state index contributed by atoms with van der Waals surface area (Å²) in [6.07, 6.45) is 1.70. The second-order valence-electron chi connectivity index (χ2n) is 7.28. The first-order valence-electron chi connectivity index (χ1n) is 9.49. The van der Waals surface area contributed by atoms with Crippen molar-refractivity contribution in [2.45, 2.75) is 11.4 Å². The highest BCUT2D eigenvalue weighted by atomic mass is 32.2. The van der Waals surface area contributed by atoms with Gasteiger partial charge in [-0.3, -0.25) is 9.59 Å². The maximum absolute atomic E-state index is 12.7. The predicted octanol–water partition coefficient (Wildman–Crippen LogP) is 2.35. The van der Waals surface area contributed by atoms with E-state index in [-0.39, 0.29) is 29.9 Å². The van der Waals surface area contributed by atoms with Crippen LogP contribution in [0.4, 0.5) is 5.69 Å². The summed E-state index contributed by atoms with van der Waals surface area (Å²) in [5.41, 5.74) is 1.91. The van der Waals surface area contributed by atoms with E-state index in [1.807, 2.05) is 0 Å². The van der Waals surface area contributed by atoms with Crippen LogP contribution in [0, 0.1) is 0 Å². The summed E-state index contributed by atoms with van der Waals surface area (Å²) in [5.74, 6) is 0.0148. The average molecular weight is 490 g/mol. The molecule has 2 aliphatic rings. The number of hydrogen-bond acceptors (Lipinski definition) is 7. The van der Waals surface area contributed by atoms with Crippen molar-refractivity contribution in [2.75, 3.05) is 25.6 Å². The van der Waals surface area contributed by atoms with E-state index in [4.69, 9.17) is 17.0 Å². The first-order valence-corrected chi connectivity index (χ1v) is 12.1. The Morgan fingerprint density at radius 1 is 1.22 bits per heavy atom. The van der Waals surface area contributed by atoms with E-state index >= 15 is 0 Å². The lowest BCUT2D eigenvalue weighted by Crippen LogP contribution is -2.38. The van der Waals surface area contributed by atoms with Crippen LogP contribution in [0.1, 0.15) is 11.1 Å². The molecule has 0 aromatic heterocycles. The van der Waals surface area contributed by atoms with Gasteiger partial charge in [-0.2, -0.15) is 0 Å². The molecule has 11 heteroatoms. The molecular weight excluding hydrogens is 470 g/mol. The van der Waals surface area contributed by atoms with Crippen molar-refractivity contribution in [3.63, 3.8) is 0 Å². The third-order valence-electron chi connectivity index (χ3n) is 4.88. The molecule has 0 aliphatic carbocycles. The van der Waals surface area contributed by atoms with Gasteiger partial charge >= 0.3 is 0 Å². The molecule has 2 aromatic carbocycles. The number of carbonyl (C=O) groups excluding carboxylic acids is 2. The fourth-order valence-corrected chi connectivity index (χ4v) is 5.27. The van der Waals surface area contributed by atoms with Crippen LogP contribution in [0.2, 0.25) is 0 Å². The monoisotopic (exact) mass is 489 g/mol. The smallest absolute Gasteiger partial charge is 0.265 e. The number of ether oxygens (including phenoxy) is 1. The molecule has 0 radical (unpaired) electrons. The molecule has 1 N–H and O–H groups in total. The van der Waals surface area contributed by atoms with Gasteiger partial charge in [0.15, 0.2) is 6.61 Å². The predicted molar refractivity (Wildman–Crippen MR) is 127 cm³/mol. The van der Waals surface area contributed by atoms with Crippen molar-refractivity contribution in [1.82, 2.24) is 9.62 Å². The molecule has 0 saturated carbocycles. The summed E-state index contributed by atoms with van der Waals surface area (Å²) in [5, 5.41) is 2.57. The van der Waals surface area contributed by atoms with Crippen LogP contribution in [-0.2, 0) is 26.2 Å². The molecule has 0 bridgehead atoms. The maximum Gasteiger partial charge on any atom is 0.265 e. The minimum absolute atomic E-state index is 0.115. The van der Waals surface area contributed by atoms with E-state index in [0.29, 0.717) is 31.8 Å². The molecule has 32 heavy (non-hydrogen) atoms. The Hall–Kier alpha value is -2.73. The van der Waals surface area contributed by atoms with Crippen LogP contribution in [0.5, 0.6) is 5.75 Å². The van der Waals surface area contributed by atoms with Gasteiger partial charge < -0.3 is 15.0 Å². The number of fused-ring (bicyclic) bond motifs is 1. The molecule has 0 unspecified atom stereocenters. The van der Waals surface area contributed by atoms with Gasteiger partial charge in [-0.25, -0.2) is 12.7 Å². The Bertz CT molecular complexity index is 1270. The second kappa shape index (κ2) is 8.66. The third kappa shape index (κ3) is 4.42. The topological polar surface area (TPSA) is 96.0 Å². The molecule has 2 amide bonds. The van der Waals surface area contributed by atoms with Gasteiger partial charge in [0.25, 0.3) is 11.8 Å². The minimum Gasteiger partial charge on any atom is -0.482 e. The Balaban J connectivity index is 1.67. The van der Waals surface area contributed by atoms with Crippen LogP contribution in [0.3, 0.4) is 0 Å². The number of nitrogens with one attached hydrogen (secondary N) is 1. The van der Waals surface area contributed by atoms with Gasteiger partial charge in [-0.15, -0.1) is 0 Å². The molecule has 4 rings (SSSR count). The molecule has 2 aromatic rings. The standard InChI is InChI=1S/C21H19N3O5S3/c1-23(2)32(27,28)15-5-3-4-14(8-15)11-24-16-9-13(6-7-17(16)29-12-19(24)25)10-18-20(26)22-21(30)31-18/h3-10H,11-12H2,1-2H3,(H,22,26,30)/b18-10+. The van der Waals surface area contributed by atoms with Crippen molar-refractivity contribution in [1.29, 1.82) is 0 Å². The number of carbonyl (C=O) groups is 2. The lowest BCUT2D eigenvalue weighted by molar-refractivity contribution is -0.121. The van der Waals surface area contributed by atoms with E-state index in [9.17, 15) is 18.0 Å². The Morgan fingerprint density at radius 2 is 2.00 bits per heavy atom. The van der Waals surface area contributed by atoms with Gasteiger partial charge in [0.05, 0.1) is 22.0 Å².